The van der Waals surface area contributed by atoms with Crippen LogP contribution in [0.5, 0.6) is 5.75 Å². The number of halogens is 1. The number of thiophene rings is 1. The number of aliphatic hydroxyl groups excluding tert-OH is 1. The Labute approximate surface area is 203 Å². The molecule has 0 saturated heterocycles. The summed E-state index contributed by atoms with van der Waals surface area (Å²) in [5.41, 5.74) is 1.16. The highest BCUT2D eigenvalue weighted by Crippen LogP contribution is 2.25. The second kappa shape index (κ2) is 11.2. The number of nitrogens with zero attached hydrogens (tertiary/aromatic N) is 3. The van der Waals surface area contributed by atoms with Crippen LogP contribution in [-0.4, -0.2) is 45.8 Å². The minimum Gasteiger partial charge on any atom is -0.493 e. The first-order valence-electron chi connectivity index (χ1n) is 10.5. The average Bonchev–Trinajstić information content (AvgIpc) is 3.47. The van der Waals surface area contributed by atoms with E-state index < -0.39 is 11.8 Å². The number of thiazole rings is 1. The number of carbonyl (C=O) groups excluding carboxylic acids is 1. The molecule has 178 valence electrons. The number of hydrogen-bond donors (Lipinski definition) is 4. The maximum Gasteiger partial charge on any atom is 0.325 e. The maximum atomic E-state index is 13.9. The van der Waals surface area contributed by atoms with Crippen molar-refractivity contribution < 1.29 is 19.0 Å². The molecule has 3 aromatic heterocycles. The van der Waals surface area contributed by atoms with Crippen molar-refractivity contribution in [2.75, 3.05) is 35.7 Å². The fraction of sp³-hybridized carbons (Fsp3) is 0.273. The van der Waals surface area contributed by atoms with E-state index in [0.29, 0.717) is 18.1 Å². The minimum atomic E-state index is -0.544. The van der Waals surface area contributed by atoms with Crippen molar-refractivity contribution >= 4 is 55.6 Å². The third-order valence-electron chi connectivity index (χ3n) is 4.66. The lowest BCUT2D eigenvalue weighted by Crippen LogP contribution is -2.19. The van der Waals surface area contributed by atoms with E-state index in [0.717, 1.165) is 20.9 Å². The molecular weight excluding hydrogens is 479 g/mol. The molecule has 0 saturated carbocycles. The van der Waals surface area contributed by atoms with Crippen molar-refractivity contribution in [3.8, 4) is 5.75 Å². The van der Waals surface area contributed by atoms with E-state index in [1.165, 1.54) is 35.9 Å². The number of fused-ring (bicyclic) bond motifs is 1. The highest BCUT2D eigenvalue weighted by molar-refractivity contribution is 7.17. The summed E-state index contributed by atoms with van der Waals surface area (Å²) in [5, 5.41) is 20.0. The van der Waals surface area contributed by atoms with Gasteiger partial charge in [0, 0.05) is 54.4 Å². The van der Waals surface area contributed by atoms with Gasteiger partial charge >= 0.3 is 6.03 Å². The molecule has 3 heterocycles. The lowest BCUT2D eigenvalue weighted by atomic mass is 10.2. The first-order valence-corrected chi connectivity index (χ1v) is 12.2. The zero-order valence-electron chi connectivity index (χ0n) is 18.2. The van der Waals surface area contributed by atoms with Crippen molar-refractivity contribution in [2.45, 2.75) is 13.3 Å². The molecule has 0 aliphatic rings. The van der Waals surface area contributed by atoms with Gasteiger partial charge in [-0.25, -0.2) is 24.1 Å². The van der Waals surface area contributed by atoms with Gasteiger partial charge in [-0.05, 0) is 17.5 Å². The molecule has 12 heteroatoms. The van der Waals surface area contributed by atoms with Crippen LogP contribution in [0.3, 0.4) is 0 Å². The molecule has 0 aliphatic carbocycles. The van der Waals surface area contributed by atoms with E-state index in [1.807, 2.05) is 18.4 Å². The van der Waals surface area contributed by atoms with Crippen molar-refractivity contribution in [1.82, 2.24) is 15.0 Å². The Kier molecular flexibility index (Phi) is 7.83. The largest absolute Gasteiger partial charge is 0.493 e. The predicted octanol–water partition coefficient (Wildman–Crippen LogP) is 4.59. The van der Waals surface area contributed by atoms with Crippen LogP contribution >= 0.6 is 22.7 Å². The Morgan fingerprint density at radius 2 is 2.12 bits per heavy atom. The van der Waals surface area contributed by atoms with Crippen molar-refractivity contribution in [2.24, 2.45) is 5.92 Å². The number of anilines is 3. The number of aliphatic hydroxyl groups is 1. The van der Waals surface area contributed by atoms with Gasteiger partial charge in [-0.2, -0.15) is 0 Å². The van der Waals surface area contributed by atoms with Crippen molar-refractivity contribution in [3.05, 3.63) is 52.9 Å². The molecule has 34 heavy (non-hydrogen) atoms. The summed E-state index contributed by atoms with van der Waals surface area (Å²) in [6, 6.07) is 5.34. The van der Waals surface area contributed by atoms with E-state index in [4.69, 9.17) is 9.84 Å². The van der Waals surface area contributed by atoms with Crippen LogP contribution in [-0.2, 0) is 6.42 Å². The number of nitrogens with one attached hydrogen (secondary N) is 3. The molecule has 2 amide bonds. The minimum absolute atomic E-state index is 0.0339. The van der Waals surface area contributed by atoms with Gasteiger partial charge in [-0.1, -0.05) is 6.92 Å². The summed E-state index contributed by atoms with van der Waals surface area (Å²) in [4.78, 5) is 26.1. The Balaban J connectivity index is 1.28. The predicted molar refractivity (Wildman–Crippen MR) is 133 cm³/mol. The summed E-state index contributed by atoms with van der Waals surface area (Å²) in [5.74, 6) is 0.432. The number of hydrogen-bond acceptors (Lipinski definition) is 9. The third kappa shape index (κ3) is 6.37. The van der Waals surface area contributed by atoms with E-state index in [2.05, 4.69) is 30.9 Å². The van der Waals surface area contributed by atoms with Crippen LogP contribution in [0.2, 0.25) is 0 Å². The number of amides is 2. The van der Waals surface area contributed by atoms with E-state index in [-0.39, 0.29) is 30.6 Å². The molecule has 4 N–H and O–H groups in total. The van der Waals surface area contributed by atoms with Gasteiger partial charge in [0.05, 0.1) is 16.8 Å². The lowest BCUT2D eigenvalue weighted by Gasteiger charge is -2.12. The van der Waals surface area contributed by atoms with Gasteiger partial charge in [0.2, 0.25) is 0 Å². The number of benzene rings is 1. The molecule has 0 unspecified atom stereocenters. The highest BCUT2D eigenvalue weighted by Gasteiger charge is 2.11. The zero-order valence-corrected chi connectivity index (χ0v) is 19.9. The topological polar surface area (TPSA) is 121 Å². The molecule has 4 aromatic rings. The number of ether oxygens (including phenoxy) is 1. The van der Waals surface area contributed by atoms with Gasteiger partial charge < -0.3 is 20.5 Å². The fourth-order valence-electron chi connectivity index (χ4n) is 2.97. The summed E-state index contributed by atoms with van der Waals surface area (Å²) >= 11 is 2.94. The monoisotopic (exact) mass is 502 g/mol. The quantitative estimate of drug-likeness (QED) is 0.250. The van der Waals surface area contributed by atoms with Crippen LogP contribution in [0.1, 0.15) is 11.8 Å². The standard InChI is InChI=1S/C22H23FN6O3S2/c1-13(10-30)11-32-16-7-14(23)6-15(8-16)28-21(31)29-22-25-9-17(34-22)2-4-24-20-19-18(3-5-33-19)26-12-27-20/h3,5-9,12-13,30H,2,4,10-11H2,1H3,(H,24,26,27)(H2,25,28,29,31)/t13-/m0/s1. The van der Waals surface area contributed by atoms with Crippen LogP contribution < -0.4 is 20.7 Å². The number of aromatic nitrogens is 3. The van der Waals surface area contributed by atoms with E-state index in [1.54, 1.807) is 17.5 Å². The van der Waals surface area contributed by atoms with Gasteiger partial charge in [0.25, 0.3) is 0 Å². The second-order valence-electron chi connectivity index (χ2n) is 7.52. The fourth-order valence-corrected chi connectivity index (χ4v) is 4.59. The van der Waals surface area contributed by atoms with Crippen LogP contribution in [0.25, 0.3) is 10.2 Å². The maximum absolute atomic E-state index is 13.9. The Morgan fingerprint density at radius 3 is 2.97 bits per heavy atom. The van der Waals surface area contributed by atoms with Crippen LogP contribution in [0.4, 0.5) is 25.8 Å². The van der Waals surface area contributed by atoms with Crippen molar-refractivity contribution in [3.63, 3.8) is 0 Å². The summed E-state index contributed by atoms with van der Waals surface area (Å²) in [7, 11) is 0. The van der Waals surface area contributed by atoms with Crippen molar-refractivity contribution in [1.29, 1.82) is 0 Å². The van der Waals surface area contributed by atoms with Gasteiger partial charge in [-0.15, -0.1) is 22.7 Å². The lowest BCUT2D eigenvalue weighted by molar-refractivity contribution is 0.174. The highest BCUT2D eigenvalue weighted by atomic mass is 32.1. The molecule has 1 atom stereocenters. The number of urea groups is 1. The normalized spacial score (nSPS) is 11.9. The molecule has 0 spiro atoms. The summed E-state index contributed by atoms with van der Waals surface area (Å²) in [6.07, 6.45) is 3.95. The average molecular weight is 503 g/mol. The number of rotatable bonds is 10. The SMILES string of the molecule is C[C@@H](CO)COc1cc(F)cc(NC(=O)Nc2ncc(CCNc3ncnc4ccsc34)s2)c1. The molecule has 1 aromatic carbocycles. The zero-order chi connectivity index (χ0) is 23.9. The Bertz CT molecular complexity index is 1260. The molecule has 9 nitrogen and oxygen atoms in total. The molecule has 0 fully saturated rings. The molecule has 0 aliphatic heterocycles. The molecule has 4 rings (SSSR count). The van der Waals surface area contributed by atoms with Gasteiger partial charge in [0.1, 0.15) is 23.7 Å². The molecular formula is C22H23FN6O3S2. The third-order valence-corrected chi connectivity index (χ3v) is 6.54. The van der Waals surface area contributed by atoms with E-state index in [9.17, 15) is 9.18 Å². The Hall–Kier alpha value is -3.35. The van der Waals surface area contributed by atoms with Gasteiger partial charge in [0.15, 0.2) is 5.13 Å². The van der Waals surface area contributed by atoms with E-state index >= 15 is 0 Å². The number of carbonyl (C=O) groups is 1. The summed E-state index contributed by atoms with van der Waals surface area (Å²) < 4.78 is 20.4. The molecule has 0 bridgehead atoms. The first-order chi connectivity index (χ1) is 16.5. The smallest absolute Gasteiger partial charge is 0.325 e. The summed E-state index contributed by atoms with van der Waals surface area (Å²) in [6.45, 7) is 2.66. The first kappa shape index (κ1) is 23.8. The van der Waals surface area contributed by atoms with Gasteiger partial charge in [-0.3, -0.25) is 5.32 Å². The van der Waals surface area contributed by atoms with Crippen LogP contribution in [0.15, 0.2) is 42.2 Å². The Morgan fingerprint density at radius 1 is 1.24 bits per heavy atom. The molecule has 0 radical (unpaired) electrons. The second-order valence-corrected chi connectivity index (χ2v) is 9.55. The van der Waals surface area contributed by atoms with Crippen LogP contribution in [0, 0.1) is 11.7 Å².